The lowest BCUT2D eigenvalue weighted by Crippen LogP contribution is -2.52. The highest BCUT2D eigenvalue weighted by atomic mass is 32.1. The summed E-state index contributed by atoms with van der Waals surface area (Å²) >= 11 is 1.77. The molecular formula is C22H24N4O3S. The largest absolute Gasteiger partial charge is 0.322 e. The van der Waals surface area contributed by atoms with Crippen LogP contribution in [0.25, 0.3) is 0 Å². The van der Waals surface area contributed by atoms with Gasteiger partial charge in [0.15, 0.2) is 0 Å². The number of nitrogens with zero attached hydrogens (tertiary/aromatic N) is 2. The first kappa shape index (κ1) is 19.4. The Kier molecular flexibility index (Phi) is 5.14. The summed E-state index contributed by atoms with van der Waals surface area (Å²) in [7, 11) is 0. The number of rotatable bonds is 4. The van der Waals surface area contributed by atoms with E-state index in [9.17, 15) is 14.4 Å². The van der Waals surface area contributed by atoms with Crippen LogP contribution in [0.1, 0.15) is 45.2 Å². The van der Waals surface area contributed by atoms with Crippen LogP contribution in [-0.4, -0.2) is 53.2 Å². The first-order chi connectivity index (χ1) is 14.6. The Morgan fingerprint density at radius 3 is 2.83 bits per heavy atom. The minimum atomic E-state index is -0.571. The molecule has 1 aromatic heterocycles. The number of piperidine rings is 1. The van der Waals surface area contributed by atoms with E-state index >= 15 is 0 Å². The molecule has 2 fully saturated rings. The molecule has 0 aliphatic carbocycles. The van der Waals surface area contributed by atoms with Gasteiger partial charge in [0.25, 0.3) is 5.91 Å². The van der Waals surface area contributed by atoms with Gasteiger partial charge in [-0.15, -0.1) is 11.3 Å². The number of hydrogen-bond acceptors (Lipinski definition) is 6. The van der Waals surface area contributed by atoms with Crippen LogP contribution < -0.4 is 10.6 Å². The third-order valence-corrected chi connectivity index (χ3v) is 7.21. The number of carbonyl (C=O) groups excluding carboxylic acids is 3. The van der Waals surface area contributed by atoms with Crippen molar-refractivity contribution in [1.82, 2.24) is 20.4 Å². The van der Waals surface area contributed by atoms with E-state index in [-0.39, 0.29) is 24.1 Å². The molecule has 3 aliphatic rings. The van der Waals surface area contributed by atoms with Gasteiger partial charge in [-0.2, -0.15) is 0 Å². The van der Waals surface area contributed by atoms with Crippen molar-refractivity contribution in [3.05, 3.63) is 57.3 Å². The number of hydrogen-bond donors (Lipinski definition) is 2. The molecule has 2 N–H and O–H groups in total. The Labute approximate surface area is 179 Å². The van der Waals surface area contributed by atoms with Crippen molar-refractivity contribution in [3.8, 4) is 0 Å². The van der Waals surface area contributed by atoms with Gasteiger partial charge in [0.1, 0.15) is 6.04 Å². The summed E-state index contributed by atoms with van der Waals surface area (Å²) in [5, 5.41) is 8.06. The Morgan fingerprint density at radius 2 is 2.03 bits per heavy atom. The zero-order valence-corrected chi connectivity index (χ0v) is 17.4. The van der Waals surface area contributed by atoms with Gasteiger partial charge in [0, 0.05) is 49.6 Å². The van der Waals surface area contributed by atoms with Crippen molar-refractivity contribution < 1.29 is 14.4 Å². The molecule has 7 nitrogen and oxygen atoms in total. The van der Waals surface area contributed by atoms with E-state index in [1.54, 1.807) is 16.2 Å². The number of benzene rings is 1. The van der Waals surface area contributed by atoms with Gasteiger partial charge in [-0.1, -0.05) is 18.2 Å². The van der Waals surface area contributed by atoms with Crippen LogP contribution in [0.2, 0.25) is 0 Å². The van der Waals surface area contributed by atoms with Gasteiger partial charge >= 0.3 is 0 Å². The zero-order chi connectivity index (χ0) is 20.7. The number of nitrogens with one attached hydrogen (secondary N) is 2. The minimum Gasteiger partial charge on any atom is -0.322 e. The maximum absolute atomic E-state index is 13.0. The van der Waals surface area contributed by atoms with Gasteiger partial charge in [-0.05, 0) is 35.1 Å². The summed E-state index contributed by atoms with van der Waals surface area (Å²) in [4.78, 5) is 42.2. The predicted molar refractivity (Wildman–Crippen MR) is 113 cm³/mol. The first-order valence-electron chi connectivity index (χ1n) is 10.3. The minimum absolute atomic E-state index is 0.113. The summed E-state index contributed by atoms with van der Waals surface area (Å²) in [6, 6.07) is 9.87. The van der Waals surface area contributed by atoms with Crippen LogP contribution in [0.4, 0.5) is 0 Å². The Bertz CT molecular complexity index is 990. The van der Waals surface area contributed by atoms with Crippen molar-refractivity contribution in [2.45, 2.75) is 38.0 Å². The maximum atomic E-state index is 13.0. The van der Waals surface area contributed by atoms with Crippen molar-refractivity contribution in [2.75, 3.05) is 19.6 Å². The van der Waals surface area contributed by atoms with Crippen molar-refractivity contribution in [2.24, 2.45) is 0 Å². The molecule has 3 amide bonds. The summed E-state index contributed by atoms with van der Waals surface area (Å²) in [6.07, 6.45) is 0.661. The van der Waals surface area contributed by atoms with Crippen LogP contribution in [-0.2, 0) is 22.7 Å². The molecule has 0 bridgehead atoms. The van der Waals surface area contributed by atoms with Crippen LogP contribution in [0.15, 0.2) is 35.7 Å². The average molecular weight is 425 g/mol. The fourth-order valence-corrected chi connectivity index (χ4v) is 5.47. The molecule has 2 atom stereocenters. The number of piperazine rings is 1. The van der Waals surface area contributed by atoms with E-state index in [0.717, 1.165) is 37.3 Å². The monoisotopic (exact) mass is 424 g/mol. The zero-order valence-electron chi connectivity index (χ0n) is 16.6. The Hall–Kier alpha value is -2.55. The van der Waals surface area contributed by atoms with Crippen LogP contribution in [0.5, 0.6) is 0 Å². The number of carbonyl (C=O) groups is 3. The molecule has 0 saturated carbocycles. The van der Waals surface area contributed by atoms with E-state index in [1.165, 1.54) is 4.88 Å². The molecule has 156 valence electrons. The second-order valence-electron chi connectivity index (χ2n) is 8.10. The van der Waals surface area contributed by atoms with Gasteiger partial charge < -0.3 is 10.2 Å². The Morgan fingerprint density at radius 1 is 1.13 bits per heavy atom. The number of thiophene rings is 1. The number of amides is 3. The second-order valence-corrected chi connectivity index (χ2v) is 9.08. The highest BCUT2D eigenvalue weighted by molar-refractivity contribution is 7.10. The topological polar surface area (TPSA) is 81.8 Å². The third kappa shape index (κ3) is 3.55. The van der Waals surface area contributed by atoms with Crippen molar-refractivity contribution in [3.63, 3.8) is 0 Å². The second kappa shape index (κ2) is 7.94. The number of fused-ring (bicyclic) bond motifs is 1. The summed E-state index contributed by atoms with van der Waals surface area (Å²) in [5.74, 6) is -0.743. The molecule has 30 heavy (non-hydrogen) atoms. The molecule has 3 aliphatic heterocycles. The fraction of sp³-hybridized carbons (Fsp3) is 0.409. The third-order valence-electron chi connectivity index (χ3n) is 6.22. The SMILES string of the molecule is O=C1CCC(N2Cc3c(CN4CCNC(c5cccs5)C4)cccc3C2=O)C(=O)N1. The summed E-state index contributed by atoms with van der Waals surface area (Å²) < 4.78 is 0. The van der Waals surface area contributed by atoms with Crippen molar-refractivity contribution in [1.29, 1.82) is 0 Å². The normalized spacial score (nSPS) is 24.8. The molecule has 8 heteroatoms. The molecule has 1 aromatic carbocycles. The molecule has 2 unspecified atom stereocenters. The smallest absolute Gasteiger partial charge is 0.255 e. The highest BCUT2D eigenvalue weighted by Crippen LogP contribution is 2.31. The quantitative estimate of drug-likeness (QED) is 0.730. The van der Waals surface area contributed by atoms with Gasteiger partial charge in [0.2, 0.25) is 11.8 Å². The van der Waals surface area contributed by atoms with Gasteiger partial charge in [-0.3, -0.25) is 24.6 Å². The van der Waals surface area contributed by atoms with Crippen LogP contribution in [0.3, 0.4) is 0 Å². The molecule has 0 radical (unpaired) electrons. The lowest BCUT2D eigenvalue weighted by molar-refractivity contribution is -0.136. The van der Waals surface area contributed by atoms with E-state index in [2.05, 4.69) is 39.1 Å². The molecule has 4 heterocycles. The first-order valence-corrected chi connectivity index (χ1v) is 11.2. The summed E-state index contributed by atoms with van der Waals surface area (Å²) in [5.41, 5.74) is 2.84. The van der Waals surface area contributed by atoms with Crippen LogP contribution >= 0.6 is 11.3 Å². The highest BCUT2D eigenvalue weighted by Gasteiger charge is 2.39. The number of imide groups is 1. The van der Waals surface area contributed by atoms with E-state index in [1.807, 2.05) is 12.1 Å². The molecule has 2 aromatic rings. The molecule has 2 saturated heterocycles. The molecule has 5 rings (SSSR count). The molecule has 0 spiro atoms. The fourth-order valence-electron chi connectivity index (χ4n) is 4.67. The van der Waals surface area contributed by atoms with Gasteiger partial charge in [0.05, 0.1) is 6.04 Å². The standard InChI is InChI=1S/C22H24N4O3S/c27-20-7-6-18(21(28)24-20)26-12-16-14(3-1-4-15(16)22(26)29)11-25-9-8-23-17(13-25)19-5-2-10-30-19/h1-5,10,17-18,23H,6-9,11-13H2,(H,24,27,28). The van der Waals surface area contributed by atoms with E-state index in [0.29, 0.717) is 24.6 Å². The molecular weight excluding hydrogens is 400 g/mol. The van der Waals surface area contributed by atoms with E-state index < -0.39 is 6.04 Å². The predicted octanol–water partition coefficient (Wildman–Crippen LogP) is 1.66. The van der Waals surface area contributed by atoms with Gasteiger partial charge in [-0.25, -0.2) is 0 Å². The summed E-state index contributed by atoms with van der Waals surface area (Å²) in [6.45, 7) is 4.02. The Balaban J connectivity index is 1.33. The lowest BCUT2D eigenvalue weighted by Gasteiger charge is -2.33. The lowest BCUT2D eigenvalue weighted by atomic mass is 10.0. The van der Waals surface area contributed by atoms with Crippen molar-refractivity contribution >= 4 is 29.1 Å². The van der Waals surface area contributed by atoms with Crippen LogP contribution in [0, 0.1) is 0 Å². The maximum Gasteiger partial charge on any atom is 0.255 e. The van der Waals surface area contributed by atoms with E-state index in [4.69, 9.17) is 0 Å². The average Bonchev–Trinajstić information content (AvgIpc) is 3.38.